The smallest absolute Gasteiger partial charge is 0.255 e. The number of pyridine rings is 1. The van der Waals surface area contributed by atoms with Gasteiger partial charge >= 0.3 is 0 Å². The Bertz CT molecular complexity index is 401. The molecule has 1 fully saturated rings. The van der Waals surface area contributed by atoms with Crippen LogP contribution in [-0.2, 0) is 0 Å². The lowest BCUT2D eigenvalue weighted by molar-refractivity contribution is 0.196. The molecular formula is C13H19FN2O2. The van der Waals surface area contributed by atoms with Gasteiger partial charge in [0.2, 0.25) is 0 Å². The van der Waals surface area contributed by atoms with Crippen LogP contribution in [0, 0.1) is 5.95 Å². The van der Waals surface area contributed by atoms with Gasteiger partial charge < -0.3 is 14.4 Å². The van der Waals surface area contributed by atoms with Crippen molar-refractivity contribution in [2.75, 3.05) is 26.8 Å². The van der Waals surface area contributed by atoms with E-state index in [1.54, 1.807) is 13.0 Å². The lowest BCUT2D eigenvalue weighted by atomic mass is 10.2. The van der Waals surface area contributed by atoms with Crippen LogP contribution in [0.2, 0.25) is 0 Å². The first kappa shape index (κ1) is 13.1. The van der Waals surface area contributed by atoms with Crippen molar-refractivity contribution in [3.8, 4) is 11.5 Å². The van der Waals surface area contributed by atoms with E-state index in [1.807, 2.05) is 0 Å². The first-order chi connectivity index (χ1) is 8.70. The summed E-state index contributed by atoms with van der Waals surface area (Å²) in [6.07, 6.45) is 3.74. The summed E-state index contributed by atoms with van der Waals surface area (Å²) < 4.78 is 24.1. The van der Waals surface area contributed by atoms with Crippen LogP contribution in [0.3, 0.4) is 0 Å². The van der Waals surface area contributed by atoms with Gasteiger partial charge in [0.15, 0.2) is 5.75 Å². The van der Waals surface area contributed by atoms with E-state index < -0.39 is 5.95 Å². The second-order valence-electron chi connectivity index (χ2n) is 4.48. The van der Waals surface area contributed by atoms with E-state index in [1.165, 1.54) is 12.6 Å². The first-order valence-electron chi connectivity index (χ1n) is 6.32. The Hall–Kier alpha value is -1.36. The van der Waals surface area contributed by atoms with Gasteiger partial charge in [-0.05, 0) is 33.4 Å². The largest absolute Gasteiger partial charge is 0.490 e. The second kappa shape index (κ2) is 6.00. The number of aromatic nitrogens is 1. The Morgan fingerprint density at radius 1 is 1.50 bits per heavy atom. The number of ether oxygens (including phenoxy) is 2. The van der Waals surface area contributed by atoms with Crippen LogP contribution in [0.5, 0.6) is 11.5 Å². The number of hydrogen-bond acceptors (Lipinski definition) is 4. The summed E-state index contributed by atoms with van der Waals surface area (Å²) >= 11 is 0. The minimum atomic E-state index is -0.595. The Morgan fingerprint density at radius 3 is 3.00 bits per heavy atom. The normalized spacial score (nSPS) is 20.1. The summed E-state index contributed by atoms with van der Waals surface area (Å²) in [6.45, 7) is 3.93. The zero-order chi connectivity index (χ0) is 13.0. The molecule has 2 rings (SSSR count). The summed E-state index contributed by atoms with van der Waals surface area (Å²) in [5.41, 5.74) is 0. The molecule has 1 aliphatic heterocycles. The van der Waals surface area contributed by atoms with Crippen molar-refractivity contribution in [3.63, 3.8) is 0 Å². The van der Waals surface area contributed by atoms with Crippen LogP contribution in [-0.4, -0.2) is 42.7 Å². The van der Waals surface area contributed by atoms with Crippen LogP contribution in [0.25, 0.3) is 0 Å². The van der Waals surface area contributed by atoms with Crippen LogP contribution < -0.4 is 9.47 Å². The first-order valence-corrected chi connectivity index (χ1v) is 6.32. The van der Waals surface area contributed by atoms with E-state index in [9.17, 15) is 4.39 Å². The molecule has 1 aromatic rings. The summed E-state index contributed by atoms with van der Waals surface area (Å²) in [5.74, 6) is 0.108. The number of nitrogens with zero attached hydrogens (tertiary/aromatic N) is 2. The molecule has 0 N–H and O–H groups in total. The van der Waals surface area contributed by atoms with E-state index in [0.29, 0.717) is 25.0 Å². The number of likely N-dealkylation sites (N-methyl/N-ethyl adjacent to an activating group) is 1. The standard InChI is InChI=1S/C13H19FN2O2/c1-3-17-12-7-11(8-15-13(12)14)18-9-10-5-4-6-16(10)2/h7-8,10H,3-6,9H2,1-2H3/t10-/m0/s1. The van der Waals surface area contributed by atoms with E-state index in [4.69, 9.17) is 9.47 Å². The van der Waals surface area contributed by atoms with Crippen molar-refractivity contribution in [2.45, 2.75) is 25.8 Å². The van der Waals surface area contributed by atoms with Gasteiger partial charge in [0.1, 0.15) is 12.4 Å². The van der Waals surface area contributed by atoms with Crippen molar-refractivity contribution in [3.05, 3.63) is 18.2 Å². The highest BCUT2D eigenvalue weighted by atomic mass is 19.1. The van der Waals surface area contributed by atoms with Crippen LogP contribution >= 0.6 is 0 Å². The van der Waals surface area contributed by atoms with Gasteiger partial charge in [0.05, 0.1) is 12.8 Å². The molecule has 0 unspecified atom stereocenters. The van der Waals surface area contributed by atoms with Crippen molar-refractivity contribution >= 4 is 0 Å². The average Bonchev–Trinajstić information content (AvgIpc) is 2.76. The third kappa shape index (κ3) is 3.10. The van der Waals surface area contributed by atoms with E-state index in [0.717, 1.165) is 13.0 Å². The summed E-state index contributed by atoms with van der Waals surface area (Å²) in [7, 11) is 2.09. The van der Waals surface area contributed by atoms with Gasteiger partial charge in [-0.25, -0.2) is 4.98 Å². The third-order valence-corrected chi connectivity index (χ3v) is 3.20. The quantitative estimate of drug-likeness (QED) is 0.754. The number of likely N-dealkylation sites (tertiary alicyclic amines) is 1. The number of rotatable bonds is 5. The molecule has 0 bridgehead atoms. The molecule has 18 heavy (non-hydrogen) atoms. The summed E-state index contributed by atoms with van der Waals surface area (Å²) in [4.78, 5) is 5.91. The molecule has 1 aliphatic rings. The van der Waals surface area contributed by atoms with Crippen LogP contribution in [0.4, 0.5) is 4.39 Å². The van der Waals surface area contributed by atoms with Gasteiger partial charge in [-0.2, -0.15) is 4.39 Å². The van der Waals surface area contributed by atoms with Gasteiger partial charge in [0, 0.05) is 12.1 Å². The SMILES string of the molecule is CCOc1cc(OC[C@@H]2CCCN2C)cnc1F. The zero-order valence-corrected chi connectivity index (χ0v) is 10.9. The van der Waals surface area contributed by atoms with Crippen LogP contribution in [0.15, 0.2) is 12.3 Å². The molecule has 0 aromatic carbocycles. The molecular weight excluding hydrogens is 235 g/mol. The number of hydrogen-bond donors (Lipinski definition) is 0. The molecule has 100 valence electrons. The molecule has 0 spiro atoms. The molecule has 4 nitrogen and oxygen atoms in total. The third-order valence-electron chi connectivity index (χ3n) is 3.20. The predicted octanol–water partition coefficient (Wildman–Crippen LogP) is 2.09. The predicted molar refractivity (Wildman–Crippen MR) is 66.5 cm³/mol. The van der Waals surface area contributed by atoms with Crippen molar-refractivity contribution in [2.24, 2.45) is 0 Å². The molecule has 0 aliphatic carbocycles. The van der Waals surface area contributed by atoms with Crippen molar-refractivity contribution in [1.82, 2.24) is 9.88 Å². The number of halogens is 1. The van der Waals surface area contributed by atoms with E-state index in [2.05, 4.69) is 16.9 Å². The molecule has 0 radical (unpaired) electrons. The Kier molecular flexibility index (Phi) is 4.36. The molecule has 1 saturated heterocycles. The van der Waals surface area contributed by atoms with Crippen LogP contribution in [0.1, 0.15) is 19.8 Å². The average molecular weight is 254 g/mol. The fraction of sp³-hybridized carbons (Fsp3) is 0.615. The molecule has 1 atom stereocenters. The maximum Gasteiger partial charge on any atom is 0.255 e. The Labute approximate surface area is 107 Å². The highest BCUT2D eigenvalue weighted by molar-refractivity contribution is 5.29. The maximum absolute atomic E-state index is 13.3. The summed E-state index contributed by atoms with van der Waals surface area (Å²) in [6, 6.07) is 1.99. The fourth-order valence-corrected chi connectivity index (χ4v) is 2.13. The zero-order valence-electron chi connectivity index (χ0n) is 10.9. The molecule has 0 amide bonds. The second-order valence-corrected chi connectivity index (χ2v) is 4.48. The highest BCUT2D eigenvalue weighted by Gasteiger charge is 2.21. The summed E-state index contributed by atoms with van der Waals surface area (Å²) in [5, 5.41) is 0. The lowest BCUT2D eigenvalue weighted by Crippen LogP contribution is -2.30. The van der Waals surface area contributed by atoms with E-state index in [-0.39, 0.29) is 5.75 Å². The molecule has 0 saturated carbocycles. The Morgan fingerprint density at radius 2 is 2.33 bits per heavy atom. The van der Waals surface area contributed by atoms with Crippen molar-refractivity contribution < 1.29 is 13.9 Å². The molecule has 2 heterocycles. The monoisotopic (exact) mass is 254 g/mol. The van der Waals surface area contributed by atoms with Gasteiger partial charge in [-0.3, -0.25) is 0 Å². The molecule has 5 heteroatoms. The molecule has 1 aromatic heterocycles. The topological polar surface area (TPSA) is 34.6 Å². The minimum absolute atomic E-state index is 0.148. The lowest BCUT2D eigenvalue weighted by Gasteiger charge is -2.19. The minimum Gasteiger partial charge on any atom is -0.490 e. The van der Waals surface area contributed by atoms with Crippen molar-refractivity contribution in [1.29, 1.82) is 0 Å². The van der Waals surface area contributed by atoms with Gasteiger partial charge in [0.25, 0.3) is 5.95 Å². The maximum atomic E-state index is 13.3. The Balaban J connectivity index is 1.94. The van der Waals surface area contributed by atoms with Gasteiger partial charge in [-0.1, -0.05) is 0 Å². The van der Waals surface area contributed by atoms with Gasteiger partial charge in [-0.15, -0.1) is 0 Å². The van der Waals surface area contributed by atoms with E-state index >= 15 is 0 Å². The fourth-order valence-electron chi connectivity index (χ4n) is 2.13. The highest BCUT2D eigenvalue weighted by Crippen LogP contribution is 2.22.